The fourth-order valence-electron chi connectivity index (χ4n) is 1.83. The minimum atomic E-state index is -1.01. The van der Waals surface area contributed by atoms with E-state index < -0.39 is 11.9 Å². The number of aliphatic hydroxyl groups excluding tert-OH is 1. The molecule has 0 aliphatic heterocycles. The monoisotopic (exact) mass is 344 g/mol. The topological polar surface area (TPSA) is 29.5 Å². The zero-order valence-electron chi connectivity index (χ0n) is 10.0. The zero-order valence-corrected chi connectivity index (χ0v) is 12.4. The first-order valence-corrected chi connectivity index (χ1v) is 6.66. The first-order valence-electron chi connectivity index (χ1n) is 5.48. The van der Waals surface area contributed by atoms with E-state index in [1.54, 1.807) is 24.3 Å². The molecule has 19 heavy (non-hydrogen) atoms. The molecular weight excluding hydrogens is 335 g/mol. The summed E-state index contributed by atoms with van der Waals surface area (Å²) in [4.78, 5) is 0. The largest absolute Gasteiger partial charge is 0.496 e. The van der Waals surface area contributed by atoms with Crippen LogP contribution in [0.2, 0.25) is 5.02 Å². The molecule has 2 nitrogen and oxygen atoms in total. The van der Waals surface area contributed by atoms with Crippen molar-refractivity contribution in [1.29, 1.82) is 0 Å². The van der Waals surface area contributed by atoms with Gasteiger partial charge >= 0.3 is 0 Å². The molecule has 100 valence electrons. The molecule has 0 heterocycles. The first kappa shape index (κ1) is 14.3. The fraction of sp³-hybridized carbons (Fsp3) is 0.143. The average molecular weight is 346 g/mol. The van der Waals surface area contributed by atoms with Crippen LogP contribution in [0.25, 0.3) is 0 Å². The molecule has 0 aliphatic rings. The molecule has 2 aromatic carbocycles. The summed E-state index contributed by atoms with van der Waals surface area (Å²) in [5.74, 6) is 0.0710. The molecule has 2 aromatic rings. The normalized spacial score (nSPS) is 12.3. The number of hydrogen-bond acceptors (Lipinski definition) is 2. The molecule has 2 rings (SSSR count). The third-order valence-corrected chi connectivity index (χ3v) is 3.38. The fourth-order valence-corrected chi connectivity index (χ4v) is 2.50. The van der Waals surface area contributed by atoms with Crippen LogP contribution in [-0.4, -0.2) is 12.2 Å². The lowest BCUT2D eigenvalue weighted by molar-refractivity contribution is 0.214. The predicted molar refractivity (Wildman–Crippen MR) is 76.2 cm³/mol. The second kappa shape index (κ2) is 5.90. The van der Waals surface area contributed by atoms with E-state index in [1.165, 1.54) is 19.2 Å². The molecule has 1 unspecified atom stereocenters. The van der Waals surface area contributed by atoms with Gasteiger partial charge in [-0.05, 0) is 42.0 Å². The Bertz CT molecular complexity index is 584. The van der Waals surface area contributed by atoms with Crippen LogP contribution in [0.5, 0.6) is 5.75 Å². The first-order chi connectivity index (χ1) is 9.01. The molecule has 1 N–H and O–H groups in total. The Labute approximate surface area is 123 Å². The van der Waals surface area contributed by atoms with Crippen LogP contribution < -0.4 is 4.74 Å². The minimum absolute atomic E-state index is 0.424. The Morgan fingerprint density at radius 1 is 1.26 bits per heavy atom. The summed E-state index contributed by atoms with van der Waals surface area (Å²) < 4.78 is 19.1. The van der Waals surface area contributed by atoms with Crippen molar-refractivity contribution >= 4 is 27.5 Å². The van der Waals surface area contributed by atoms with Gasteiger partial charge in [0.15, 0.2) is 0 Å². The molecule has 0 aliphatic carbocycles. The lowest BCUT2D eigenvalue weighted by Crippen LogP contribution is -2.03. The molecule has 0 saturated carbocycles. The Kier molecular flexibility index (Phi) is 4.45. The summed E-state index contributed by atoms with van der Waals surface area (Å²) in [6, 6.07) is 9.17. The van der Waals surface area contributed by atoms with E-state index in [9.17, 15) is 9.50 Å². The van der Waals surface area contributed by atoms with Gasteiger partial charge in [0, 0.05) is 15.1 Å². The Hall–Kier alpha value is -1.10. The number of ether oxygens (including phenoxy) is 1. The molecule has 0 saturated heterocycles. The Morgan fingerprint density at radius 3 is 2.63 bits per heavy atom. The van der Waals surface area contributed by atoms with Crippen LogP contribution in [0.15, 0.2) is 40.9 Å². The van der Waals surface area contributed by atoms with Crippen LogP contribution in [0.4, 0.5) is 4.39 Å². The molecule has 0 spiro atoms. The highest BCUT2D eigenvalue weighted by Crippen LogP contribution is 2.33. The van der Waals surface area contributed by atoms with Crippen molar-refractivity contribution < 1.29 is 14.2 Å². The number of aliphatic hydroxyl groups is 1. The molecule has 0 amide bonds. The number of halogens is 3. The minimum Gasteiger partial charge on any atom is -0.496 e. The number of rotatable bonds is 3. The van der Waals surface area contributed by atoms with E-state index in [-0.39, 0.29) is 0 Å². The van der Waals surface area contributed by atoms with Crippen molar-refractivity contribution in [2.45, 2.75) is 6.10 Å². The maximum absolute atomic E-state index is 13.4. The smallest absolute Gasteiger partial charge is 0.125 e. The summed E-state index contributed by atoms with van der Waals surface area (Å²) >= 11 is 9.11. The highest BCUT2D eigenvalue weighted by molar-refractivity contribution is 9.10. The second-order valence-corrected chi connectivity index (χ2v) is 5.34. The standard InChI is InChI=1S/C14H11BrClFO2/c1-19-13-3-2-10(16)7-12(13)14(18)8-4-9(15)6-11(17)5-8/h2-7,14,18H,1H3. The molecular formula is C14H11BrClFO2. The Balaban J connectivity index is 2.48. The van der Waals surface area contributed by atoms with Gasteiger partial charge in [-0.1, -0.05) is 27.5 Å². The van der Waals surface area contributed by atoms with Crippen LogP contribution in [-0.2, 0) is 0 Å². The van der Waals surface area contributed by atoms with Crippen LogP contribution in [0, 0.1) is 5.82 Å². The predicted octanol–water partition coefficient (Wildman–Crippen LogP) is 4.33. The van der Waals surface area contributed by atoms with E-state index in [0.717, 1.165) is 0 Å². The zero-order chi connectivity index (χ0) is 14.0. The highest BCUT2D eigenvalue weighted by atomic mass is 79.9. The maximum Gasteiger partial charge on any atom is 0.125 e. The van der Waals surface area contributed by atoms with Crippen LogP contribution >= 0.6 is 27.5 Å². The van der Waals surface area contributed by atoms with Gasteiger partial charge in [-0.2, -0.15) is 0 Å². The molecule has 1 atom stereocenters. The van der Waals surface area contributed by atoms with Crippen molar-refractivity contribution in [3.8, 4) is 5.75 Å². The maximum atomic E-state index is 13.4. The van der Waals surface area contributed by atoms with Gasteiger partial charge in [0.05, 0.1) is 7.11 Å². The third-order valence-electron chi connectivity index (χ3n) is 2.69. The lowest BCUT2D eigenvalue weighted by Gasteiger charge is -2.16. The van der Waals surface area contributed by atoms with Crippen molar-refractivity contribution in [1.82, 2.24) is 0 Å². The quantitative estimate of drug-likeness (QED) is 0.897. The van der Waals surface area contributed by atoms with Crippen molar-refractivity contribution in [2.24, 2.45) is 0 Å². The summed E-state index contributed by atoms with van der Waals surface area (Å²) in [7, 11) is 1.50. The van der Waals surface area contributed by atoms with Gasteiger partial charge in [0.25, 0.3) is 0 Å². The van der Waals surface area contributed by atoms with E-state index in [0.29, 0.717) is 26.4 Å². The summed E-state index contributed by atoms with van der Waals surface area (Å²) in [6.07, 6.45) is -1.01. The molecule has 0 fully saturated rings. The second-order valence-electron chi connectivity index (χ2n) is 3.99. The summed E-state index contributed by atoms with van der Waals surface area (Å²) in [5.41, 5.74) is 0.917. The van der Waals surface area contributed by atoms with Crippen molar-refractivity contribution in [3.05, 3.63) is 62.8 Å². The summed E-state index contributed by atoms with van der Waals surface area (Å²) in [5, 5.41) is 10.8. The molecule has 5 heteroatoms. The van der Waals surface area contributed by atoms with Crippen LogP contribution in [0.3, 0.4) is 0 Å². The van der Waals surface area contributed by atoms with Gasteiger partial charge in [-0.15, -0.1) is 0 Å². The molecule has 0 bridgehead atoms. The molecule has 0 aromatic heterocycles. The van der Waals surface area contributed by atoms with E-state index in [1.807, 2.05) is 0 Å². The van der Waals surface area contributed by atoms with Gasteiger partial charge in [0.2, 0.25) is 0 Å². The number of benzene rings is 2. The third kappa shape index (κ3) is 3.26. The highest BCUT2D eigenvalue weighted by Gasteiger charge is 2.17. The van der Waals surface area contributed by atoms with Gasteiger partial charge < -0.3 is 9.84 Å². The summed E-state index contributed by atoms with van der Waals surface area (Å²) in [6.45, 7) is 0. The van der Waals surface area contributed by atoms with Gasteiger partial charge in [-0.3, -0.25) is 0 Å². The van der Waals surface area contributed by atoms with Gasteiger partial charge in [-0.25, -0.2) is 4.39 Å². The van der Waals surface area contributed by atoms with Crippen molar-refractivity contribution in [2.75, 3.05) is 7.11 Å². The van der Waals surface area contributed by atoms with E-state index in [2.05, 4.69) is 15.9 Å². The lowest BCUT2D eigenvalue weighted by atomic mass is 10.0. The Morgan fingerprint density at radius 2 is 2.00 bits per heavy atom. The number of hydrogen-bond donors (Lipinski definition) is 1. The van der Waals surface area contributed by atoms with Crippen molar-refractivity contribution in [3.63, 3.8) is 0 Å². The van der Waals surface area contributed by atoms with E-state index >= 15 is 0 Å². The average Bonchev–Trinajstić information content (AvgIpc) is 2.36. The SMILES string of the molecule is COc1ccc(Cl)cc1C(O)c1cc(F)cc(Br)c1. The van der Waals surface area contributed by atoms with Crippen LogP contribution in [0.1, 0.15) is 17.2 Å². The molecule has 0 radical (unpaired) electrons. The number of methoxy groups -OCH3 is 1. The van der Waals surface area contributed by atoms with Gasteiger partial charge in [0.1, 0.15) is 17.7 Å². The van der Waals surface area contributed by atoms with E-state index in [4.69, 9.17) is 16.3 Å².